The van der Waals surface area contributed by atoms with E-state index in [1.165, 1.54) is 0 Å². The van der Waals surface area contributed by atoms with Gasteiger partial charge in [0.05, 0.1) is 0 Å². The molecule has 0 aliphatic rings. The van der Waals surface area contributed by atoms with Crippen LogP contribution in [0.4, 0.5) is 9.59 Å². The predicted octanol–water partition coefficient (Wildman–Crippen LogP) is 3.12. The Bertz CT molecular complexity index is 612. The molecule has 0 bridgehead atoms. The number of rotatable bonds is 6. The van der Waals surface area contributed by atoms with Gasteiger partial charge in [-0.25, -0.2) is 9.59 Å². The molecule has 0 unspecified atom stereocenters. The van der Waals surface area contributed by atoms with Gasteiger partial charge in [-0.3, -0.25) is 0 Å². The van der Waals surface area contributed by atoms with Gasteiger partial charge in [0.25, 0.3) is 0 Å². The third-order valence-electron chi connectivity index (χ3n) is 2.80. The highest BCUT2D eigenvalue weighted by Crippen LogP contribution is 2.08. The molecule has 2 aromatic rings. The first-order valence-corrected chi connectivity index (χ1v) is 7.40. The summed E-state index contributed by atoms with van der Waals surface area (Å²) in [6.07, 6.45) is 2.33. The van der Waals surface area contributed by atoms with E-state index in [9.17, 15) is 9.59 Å². The van der Waals surface area contributed by atoms with E-state index in [0.29, 0.717) is 24.6 Å². The molecule has 0 aliphatic carbocycles. The molecule has 0 atom stereocenters. The minimum atomic E-state index is -0.540. The van der Waals surface area contributed by atoms with Gasteiger partial charge in [0.1, 0.15) is 11.5 Å². The van der Waals surface area contributed by atoms with Gasteiger partial charge in [-0.05, 0) is 24.3 Å². The highest BCUT2D eigenvalue weighted by atomic mass is 16.6. The van der Waals surface area contributed by atoms with E-state index in [0.717, 1.165) is 0 Å². The Kier molecular flexibility index (Phi) is 6.89. The number of nitrogens with one attached hydrogen (secondary N) is 2. The Hall–Kier alpha value is -3.28. The maximum atomic E-state index is 11.5. The molecule has 0 spiro atoms. The maximum absolute atomic E-state index is 11.5. The number of ether oxygens (including phenoxy) is 2. The molecule has 24 heavy (non-hydrogen) atoms. The van der Waals surface area contributed by atoms with Crippen molar-refractivity contribution in [1.82, 2.24) is 10.6 Å². The second-order valence-corrected chi connectivity index (χ2v) is 4.64. The van der Waals surface area contributed by atoms with Crippen LogP contribution in [-0.4, -0.2) is 25.3 Å². The van der Waals surface area contributed by atoms with Gasteiger partial charge in [-0.1, -0.05) is 48.6 Å². The van der Waals surface area contributed by atoms with Gasteiger partial charge in [0, 0.05) is 13.1 Å². The number of benzene rings is 2. The van der Waals surface area contributed by atoms with Crippen molar-refractivity contribution >= 4 is 12.2 Å². The molecule has 2 rings (SSSR count). The van der Waals surface area contributed by atoms with Crippen molar-refractivity contribution < 1.29 is 19.1 Å². The summed E-state index contributed by atoms with van der Waals surface area (Å²) in [6, 6.07) is 17.6. The smallest absolute Gasteiger partial charge is 0.410 e. The van der Waals surface area contributed by atoms with Crippen LogP contribution >= 0.6 is 0 Å². The molecular formula is C18H18N2O4. The van der Waals surface area contributed by atoms with Crippen LogP contribution in [0.2, 0.25) is 0 Å². The molecule has 0 heterocycles. The standard InChI is InChI=1S/C18H18N2O4/c21-17(23-15-9-3-1-4-10-15)19-13-7-8-14-20-18(22)24-16-11-5-2-6-12-16/h1-12H,13-14H2,(H,19,21)(H,20,22). The fraction of sp³-hybridized carbons (Fsp3) is 0.111. The summed E-state index contributed by atoms with van der Waals surface area (Å²) >= 11 is 0. The molecule has 0 radical (unpaired) electrons. The molecule has 0 fully saturated rings. The highest BCUT2D eigenvalue weighted by molar-refractivity contribution is 5.71. The number of amides is 2. The number of para-hydroxylation sites is 2. The first-order chi connectivity index (χ1) is 11.7. The van der Waals surface area contributed by atoms with E-state index in [2.05, 4.69) is 10.6 Å². The molecule has 0 aliphatic heterocycles. The molecule has 0 saturated carbocycles. The third-order valence-corrected chi connectivity index (χ3v) is 2.80. The summed E-state index contributed by atoms with van der Waals surface area (Å²) in [7, 11) is 0. The van der Waals surface area contributed by atoms with E-state index in [1.807, 2.05) is 12.1 Å². The minimum Gasteiger partial charge on any atom is -0.410 e. The topological polar surface area (TPSA) is 76.7 Å². The summed E-state index contributed by atoms with van der Waals surface area (Å²) in [5.74, 6) is 0.952. The Morgan fingerprint density at radius 1 is 0.708 bits per heavy atom. The lowest BCUT2D eigenvalue weighted by atomic mass is 10.3. The van der Waals surface area contributed by atoms with E-state index < -0.39 is 12.2 Å². The summed E-state index contributed by atoms with van der Waals surface area (Å²) < 4.78 is 10.1. The van der Waals surface area contributed by atoms with Crippen LogP contribution in [0.5, 0.6) is 11.5 Å². The zero-order valence-corrected chi connectivity index (χ0v) is 13.0. The van der Waals surface area contributed by atoms with Crippen molar-refractivity contribution in [3.63, 3.8) is 0 Å². The van der Waals surface area contributed by atoms with Gasteiger partial charge in [-0.15, -0.1) is 0 Å². The molecule has 2 aromatic carbocycles. The highest BCUT2D eigenvalue weighted by Gasteiger charge is 2.02. The van der Waals surface area contributed by atoms with E-state index >= 15 is 0 Å². The molecule has 0 saturated heterocycles. The second kappa shape index (κ2) is 9.68. The summed E-state index contributed by atoms with van der Waals surface area (Å²) in [6.45, 7) is 0.585. The summed E-state index contributed by atoms with van der Waals surface area (Å²) in [5.41, 5.74) is 0. The average molecular weight is 326 g/mol. The first-order valence-electron chi connectivity index (χ1n) is 7.40. The fourth-order valence-corrected chi connectivity index (χ4v) is 1.71. The van der Waals surface area contributed by atoms with Gasteiger partial charge in [-0.2, -0.15) is 0 Å². The number of carbonyl (C=O) groups is 2. The van der Waals surface area contributed by atoms with Gasteiger partial charge in [0.2, 0.25) is 0 Å². The Morgan fingerprint density at radius 3 is 1.46 bits per heavy atom. The molecule has 124 valence electrons. The molecule has 2 N–H and O–H groups in total. The quantitative estimate of drug-likeness (QED) is 0.800. The zero-order chi connectivity index (χ0) is 17.0. The second-order valence-electron chi connectivity index (χ2n) is 4.64. The number of carbonyl (C=O) groups excluding carboxylic acids is 2. The van der Waals surface area contributed by atoms with Crippen LogP contribution in [0.25, 0.3) is 0 Å². The van der Waals surface area contributed by atoms with Crippen molar-refractivity contribution in [3.8, 4) is 11.5 Å². The van der Waals surface area contributed by atoms with Gasteiger partial charge < -0.3 is 20.1 Å². The molecule has 2 amide bonds. The minimum absolute atomic E-state index is 0.293. The van der Waals surface area contributed by atoms with Gasteiger partial charge >= 0.3 is 12.2 Å². The van der Waals surface area contributed by atoms with Crippen molar-refractivity contribution in [3.05, 3.63) is 72.8 Å². The normalized spacial score (nSPS) is 10.2. The van der Waals surface area contributed by atoms with Crippen LogP contribution in [0.15, 0.2) is 72.8 Å². The fourth-order valence-electron chi connectivity index (χ4n) is 1.71. The summed E-state index contributed by atoms with van der Waals surface area (Å²) in [5, 5.41) is 5.13. The SMILES string of the molecule is O=C(NCC=CCNC(=O)Oc1ccccc1)Oc1ccccc1. The van der Waals surface area contributed by atoms with E-state index in [-0.39, 0.29) is 0 Å². The number of hydrogen-bond donors (Lipinski definition) is 2. The van der Waals surface area contributed by atoms with Crippen LogP contribution < -0.4 is 20.1 Å². The van der Waals surface area contributed by atoms with Crippen molar-refractivity contribution in [2.45, 2.75) is 0 Å². The zero-order valence-electron chi connectivity index (χ0n) is 13.0. The lowest BCUT2D eigenvalue weighted by Crippen LogP contribution is -2.28. The predicted molar refractivity (Wildman–Crippen MR) is 90.1 cm³/mol. The molecular weight excluding hydrogens is 308 g/mol. The Morgan fingerprint density at radius 2 is 1.08 bits per heavy atom. The molecule has 0 aromatic heterocycles. The molecule has 6 heteroatoms. The number of hydrogen-bond acceptors (Lipinski definition) is 4. The van der Waals surface area contributed by atoms with Crippen LogP contribution in [-0.2, 0) is 0 Å². The Labute approximate surface area is 140 Å². The van der Waals surface area contributed by atoms with Crippen molar-refractivity contribution in [2.24, 2.45) is 0 Å². The van der Waals surface area contributed by atoms with Crippen LogP contribution in [0.3, 0.4) is 0 Å². The third kappa shape index (κ3) is 6.65. The van der Waals surface area contributed by atoms with Crippen molar-refractivity contribution in [2.75, 3.05) is 13.1 Å². The Balaban J connectivity index is 1.57. The van der Waals surface area contributed by atoms with Crippen LogP contribution in [0.1, 0.15) is 0 Å². The summed E-state index contributed by atoms with van der Waals surface area (Å²) in [4.78, 5) is 23.0. The monoisotopic (exact) mass is 326 g/mol. The van der Waals surface area contributed by atoms with Gasteiger partial charge in [0.15, 0.2) is 0 Å². The van der Waals surface area contributed by atoms with E-state index in [1.54, 1.807) is 60.7 Å². The van der Waals surface area contributed by atoms with E-state index in [4.69, 9.17) is 9.47 Å². The first kappa shape index (κ1) is 17.1. The lowest BCUT2D eigenvalue weighted by molar-refractivity contribution is 0.200. The average Bonchev–Trinajstić information content (AvgIpc) is 2.60. The maximum Gasteiger partial charge on any atom is 0.412 e. The lowest BCUT2D eigenvalue weighted by Gasteiger charge is -2.05. The largest absolute Gasteiger partial charge is 0.412 e. The van der Waals surface area contributed by atoms with Crippen molar-refractivity contribution in [1.29, 1.82) is 0 Å². The molecule has 6 nitrogen and oxygen atoms in total. The van der Waals surface area contributed by atoms with Crippen LogP contribution in [0, 0.1) is 0 Å².